The molecule has 0 spiro atoms. The van der Waals surface area contributed by atoms with Crippen molar-refractivity contribution in [2.24, 2.45) is 0 Å². The Kier molecular flexibility index (Phi) is 4.73. The number of ether oxygens (including phenoxy) is 2. The van der Waals surface area contributed by atoms with Crippen LogP contribution in [0.5, 0.6) is 0 Å². The second-order valence-corrected chi connectivity index (χ2v) is 5.66. The Morgan fingerprint density at radius 1 is 1.38 bits per heavy atom. The van der Waals surface area contributed by atoms with Crippen LogP contribution in [-0.4, -0.2) is 39.4 Å². The summed E-state index contributed by atoms with van der Waals surface area (Å²) in [7, 11) is 0. The minimum absolute atomic E-state index is 0.0839. The quantitative estimate of drug-likeness (QED) is 0.843. The Morgan fingerprint density at radius 2 is 2.12 bits per heavy atom. The fourth-order valence-corrected chi connectivity index (χ4v) is 2.57. The van der Waals surface area contributed by atoms with Crippen molar-refractivity contribution in [2.75, 3.05) is 6.61 Å². The van der Waals surface area contributed by atoms with E-state index in [1.54, 1.807) is 49.5 Å². The molecule has 0 saturated carbocycles. The minimum atomic E-state index is -0.827. The van der Waals surface area contributed by atoms with Crippen molar-refractivity contribution in [3.05, 3.63) is 64.3 Å². The second-order valence-electron chi connectivity index (χ2n) is 5.66. The van der Waals surface area contributed by atoms with Crippen LogP contribution in [0.25, 0.3) is 0 Å². The summed E-state index contributed by atoms with van der Waals surface area (Å²) in [6.07, 6.45) is -0.317. The van der Waals surface area contributed by atoms with Crippen molar-refractivity contribution < 1.29 is 19.4 Å². The van der Waals surface area contributed by atoms with Crippen molar-refractivity contribution in [3.8, 4) is 0 Å². The van der Waals surface area contributed by atoms with Gasteiger partial charge in [-0.05, 0) is 25.1 Å². The largest absolute Gasteiger partial charge is 0.459 e. The van der Waals surface area contributed by atoms with Crippen LogP contribution in [0.15, 0.2) is 47.4 Å². The standard InChI is InChI=1S/C17H18N2O5/c1-11-7-8-19(17(22)18-11)15-9-13(20)14(24-15)10-23-16(21)12-5-3-2-4-6-12/h2-8,13-15,20H,9-10H2,1H3/t13-,14-,15-/m0/s1. The van der Waals surface area contributed by atoms with E-state index in [1.165, 1.54) is 4.57 Å². The highest BCUT2D eigenvalue weighted by Gasteiger charge is 2.36. The number of aliphatic hydroxyl groups excluding tert-OH is 1. The maximum Gasteiger partial charge on any atom is 0.349 e. The van der Waals surface area contributed by atoms with Gasteiger partial charge in [-0.3, -0.25) is 4.57 Å². The van der Waals surface area contributed by atoms with E-state index < -0.39 is 30.1 Å². The van der Waals surface area contributed by atoms with Gasteiger partial charge in [-0.25, -0.2) is 9.59 Å². The number of benzene rings is 1. The summed E-state index contributed by atoms with van der Waals surface area (Å²) in [5, 5.41) is 10.1. The van der Waals surface area contributed by atoms with Crippen LogP contribution in [-0.2, 0) is 9.47 Å². The Labute approximate surface area is 138 Å². The molecular weight excluding hydrogens is 312 g/mol. The third kappa shape index (κ3) is 3.52. The Hall–Kier alpha value is -2.51. The summed E-state index contributed by atoms with van der Waals surface area (Å²) >= 11 is 0. The zero-order valence-corrected chi connectivity index (χ0v) is 13.2. The minimum Gasteiger partial charge on any atom is -0.459 e. The smallest absolute Gasteiger partial charge is 0.349 e. The van der Waals surface area contributed by atoms with Crippen molar-refractivity contribution >= 4 is 5.97 Å². The average Bonchev–Trinajstić information content (AvgIpc) is 2.94. The lowest BCUT2D eigenvalue weighted by molar-refractivity contribution is -0.0531. The van der Waals surface area contributed by atoms with Gasteiger partial charge in [-0.15, -0.1) is 0 Å². The predicted molar refractivity (Wildman–Crippen MR) is 84.5 cm³/mol. The number of nitrogens with zero attached hydrogens (tertiary/aromatic N) is 2. The maximum atomic E-state index is 11.9. The summed E-state index contributed by atoms with van der Waals surface area (Å²) < 4.78 is 12.2. The van der Waals surface area contributed by atoms with Gasteiger partial charge < -0.3 is 14.6 Å². The number of hydrogen-bond acceptors (Lipinski definition) is 6. The average molecular weight is 330 g/mol. The Bertz CT molecular complexity index is 774. The molecule has 24 heavy (non-hydrogen) atoms. The zero-order valence-electron chi connectivity index (χ0n) is 13.2. The van der Waals surface area contributed by atoms with Gasteiger partial charge >= 0.3 is 11.7 Å². The molecule has 2 heterocycles. The fourth-order valence-electron chi connectivity index (χ4n) is 2.57. The van der Waals surface area contributed by atoms with E-state index in [0.29, 0.717) is 11.3 Å². The summed E-state index contributed by atoms with van der Waals surface area (Å²) in [4.78, 5) is 27.7. The zero-order chi connectivity index (χ0) is 17.1. The SMILES string of the molecule is Cc1ccn([C@@H]2C[C@H](O)[C@H](COC(=O)c3ccccc3)O2)c(=O)n1. The molecule has 1 aromatic heterocycles. The van der Waals surface area contributed by atoms with E-state index in [0.717, 1.165) is 0 Å². The van der Waals surface area contributed by atoms with Gasteiger partial charge in [0.15, 0.2) is 0 Å². The highest BCUT2D eigenvalue weighted by molar-refractivity contribution is 5.89. The number of carbonyl (C=O) groups excluding carboxylic acids is 1. The van der Waals surface area contributed by atoms with Crippen molar-refractivity contribution in [2.45, 2.75) is 31.8 Å². The summed E-state index contributed by atoms with van der Waals surface area (Å²) in [5.41, 5.74) is 0.609. The number of aliphatic hydroxyl groups is 1. The van der Waals surface area contributed by atoms with E-state index in [9.17, 15) is 14.7 Å². The molecule has 1 aliphatic rings. The molecule has 1 N–H and O–H groups in total. The van der Waals surface area contributed by atoms with Crippen molar-refractivity contribution in [1.82, 2.24) is 9.55 Å². The lowest BCUT2D eigenvalue weighted by Crippen LogP contribution is -2.29. The highest BCUT2D eigenvalue weighted by atomic mass is 16.6. The monoisotopic (exact) mass is 330 g/mol. The van der Waals surface area contributed by atoms with Crippen LogP contribution in [0.2, 0.25) is 0 Å². The van der Waals surface area contributed by atoms with Crippen LogP contribution >= 0.6 is 0 Å². The molecule has 1 aromatic carbocycles. The Balaban J connectivity index is 1.62. The van der Waals surface area contributed by atoms with E-state index in [1.807, 2.05) is 0 Å². The molecule has 0 bridgehead atoms. The third-order valence-electron chi connectivity index (χ3n) is 3.87. The number of esters is 1. The molecule has 0 unspecified atom stereocenters. The van der Waals surface area contributed by atoms with E-state index in [2.05, 4.69) is 4.98 Å². The topological polar surface area (TPSA) is 90.6 Å². The molecule has 1 aliphatic heterocycles. The summed E-state index contributed by atoms with van der Waals surface area (Å²) in [5.74, 6) is -0.482. The fraction of sp³-hybridized carbons (Fsp3) is 0.353. The molecule has 0 radical (unpaired) electrons. The first-order chi connectivity index (χ1) is 11.5. The molecule has 126 valence electrons. The van der Waals surface area contributed by atoms with Crippen molar-refractivity contribution in [3.63, 3.8) is 0 Å². The third-order valence-corrected chi connectivity index (χ3v) is 3.87. The molecule has 1 saturated heterocycles. The van der Waals surface area contributed by atoms with Crippen molar-refractivity contribution in [1.29, 1.82) is 0 Å². The molecule has 3 rings (SSSR count). The van der Waals surface area contributed by atoms with Crippen LogP contribution < -0.4 is 5.69 Å². The molecule has 0 aliphatic carbocycles. The number of aryl methyl sites for hydroxylation is 1. The normalized spacial score (nSPS) is 23.2. The van der Waals surface area contributed by atoms with E-state index in [-0.39, 0.29) is 13.0 Å². The lowest BCUT2D eigenvalue weighted by atomic mass is 10.2. The number of hydrogen-bond donors (Lipinski definition) is 1. The Morgan fingerprint density at radius 3 is 2.83 bits per heavy atom. The van der Waals surface area contributed by atoms with Gasteiger partial charge in [0.2, 0.25) is 0 Å². The van der Waals surface area contributed by atoms with E-state index >= 15 is 0 Å². The highest BCUT2D eigenvalue weighted by Crippen LogP contribution is 2.27. The van der Waals surface area contributed by atoms with Gasteiger partial charge in [-0.2, -0.15) is 4.98 Å². The molecule has 0 amide bonds. The molecule has 1 fully saturated rings. The molecule has 2 aromatic rings. The number of aromatic nitrogens is 2. The number of carbonyl (C=O) groups is 1. The first-order valence-corrected chi connectivity index (χ1v) is 7.66. The predicted octanol–water partition coefficient (Wildman–Crippen LogP) is 1.06. The molecular formula is C17H18N2O5. The van der Waals surface area contributed by atoms with Gasteiger partial charge in [0.25, 0.3) is 0 Å². The summed E-state index contributed by atoms with van der Waals surface area (Å²) in [6, 6.07) is 10.3. The van der Waals surface area contributed by atoms with Gasteiger partial charge in [-0.1, -0.05) is 18.2 Å². The van der Waals surface area contributed by atoms with Gasteiger partial charge in [0, 0.05) is 18.3 Å². The van der Waals surface area contributed by atoms with Crippen LogP contribution in [0.3, 0.4) is 0 Å². The molecule has 3 atom stereocenters. The first-order valence-electron chi connectivity index (χ1n) is 7.66. The van der Waals surface area contributed by atoms with Crippen LogP contribution in [0.4, 0.5) is 0 Å². The molecule has 7 nitrogen and oxygen atoms in total. The summed E-state index contributed by atoms with van der Waals surface area (Å²) in [6.45, 7) is 1.64. The first kappa shape index (κ1) is 16.4. The second kappa shape index (κ2) is 6.94. The van der Waals surface area contributed by atoms with E-state index in [4.69, 9.17) is 9.47 Å². The van der Waals surface area contributed by atoms with Gasteiger partial charge in [0.05, 0.1) is 11.7 Å². The maximum absolute atomic E-state index is 11.9. The molecule has 7 heteroatoms. The van der Waals surface area contributed by atoms with Crippen LogP contribution in [0.1, 0.15) is 28.7 Å². The number of rotatable bonds is 4. The lowest BCUT2D eigenvalue weighted by Gasteiger charge is -2.16. The van der Waals surface area contributed by atoms with Gasteiger partial charge in [0.1, 0.15) is 18.9 Å². The van der Waals surface area contributed by atoms with Crippen LogP contribution in [0, 0.1) is 6.92 Å².